The van der Waals surface area contributed by atoms with Crippen molar-refractivity contribution in [1.29, 1.82) is 0 Å². The van der Waals surface area contributed by atoms with Crippen molar-refractivity contribution in [2.75, 3.05) is 6.54 Å². The Bertz CT molecular complexity index is 589. The van der Waals surface area contributed by atoms with E-state index in [2.05, 4.69) is 15.7 Å². The van der Waals surface area contributed by atoms with Gasteiger partial charge in [0.1, 0.15) is 0 Å². The van der Waals surface area contributed by atoms with Crippen LogP contribution in [0.3, 0.4) is 0 Å². The molecule has 0 unspecified atom stereocenters. The molecule has 1 aromatic carbocycles. The maximum atomic E-state index is 11.5. The molecular formula is C16H20N4O. The summed E-state index contributed by atoms with van der Waals surface area (Å²) in [5.74, 6) is 0.139. The van der Waals surface area contributed by atoms with Gasteiger partial charge >= 0.3 is 0 Å². The summed E-state index contributed by atoms with van der Waals surface area (Å²) in [5, 5.41) is 10.7. The Hall–Kier alpha value is -2.14. The largest absolute Gasteiger partial charge is 0.353 e. The molecule has 2 aromatic rings. The SMILES string of the molecule is O=C(CCNCc1ccn(-c2ccccc2)n1)NC1CC1. The Morgan fingerprint density at radius 1 is 1.24 bits per heavy atom. The van der Waals surface area contributed by atoms with Crippen molar-refractivity contribution in [3.05, 3.63) is 48.3 Å². The molecule has 2 N–H and O–H groups in total. The Morgan fingerprint density at radius 3 is 2.81 bits per heavy atom. The standard InChI is InChI=1S/C16H20N4O/c21-16(18-13-6-7-13)8-10-17-12-14-9-11-20(19-14)15-4-2-1-3-5-15/h1-5,9,11,13,17H,6-8,10,12H2,(H,18,21). The van der Waals surface area contributed by atoms with Crippen LogP contribution in [-0.4, -0.2) is 28.3 Å². The summed E-state index contributed by atoms with van der Waals surface area (Å²) in [5.41, 5.74) is 2.02. The zero-order valence-electron chi connectivity index (χ0n) is 12.0. The third kappa shape index (κ3) is 4.16. The summed E-state index contributed by atoms with van der Waals surface area (Å²) in [6.07, 6.45) is 4.74. The summed E-state index contributed by atoms with van der Waals surface area (Å²) >= 11 is 0. The lowest BCUT2D eigenvalue weighted by Crippen LogP contribution is -2.29. The lowest BCUT2D eigenvalue weighted by Gasteiger charge is -2.04. The number of nitrogens with zero attached hydrogens (tertiary/aromatic N) is 2. The highest BCUT2D eigenvalue weighted by atomic mass is 16.1. The molecule has 5 heteroatoms. The number of benzene rings is 1. The number of hydrogen-bond donors (Lipinski definition) is 2. The van der Waals surface area contributed by atoms with E-state index in [0.29, 0.717) is 25.6 Å². The number of rotatable bonds is 7. The van der Waals surface area contributed by atoms with Crippen LogP contribution in [0.25, 0.3) is 5.69 Å². The molecule has 5 nitrogen and oxygen atoms in total. The number of para-hydroxylation sites is 1. The summed E-state index contributed by atoms with van der Waals surface area (Å²) in [6.45, 7) is 1.35. The van der Waals surface area contributed by atoms with Crippen LogP contribution in [0.15, 0.2) is 42.6 Å². The highest BCUT2D eigenvalue weighted by Gasteiger charge is 2.22. The van der Waals surface area contributed by atoms with Gasteiger partial charge in [-0.05, 0) is 31.0 Å². The average Bonchev–Trinajstić information content (AvgIpc) is 3.19. The first kappa shape index (κ1) is 13.8. The Balaban J connectivity index is 1.41. The van der Waals surface area contributed by atoms with E-state index in [9.17, 15) is 4.79 Å². The molecule has 0 saturated heterocycles. The van der Waals surface area contributed by atoms with Crippen LogP contribution in [0, 0.1) is 0 Å². The second-order valence-electron chi connectivity index (χ2n) is 5.36. The van der Waals surface area contributed by atoms with Gasteiger partial charge in [0.05, 0.1) is 11.4 Å². The Morgan fingerprint density at radius 2 is 2.05 bits per heavy atom. The quantitative estimate of drug-likeness (QED) is 0.760. The van der Waals surface area contributed by atoms with Gasteiger partial charge < -0.3 is 10.6 Å². The average molecular weight is 284 g/mol. The molecule has 0 atom stereocenters. The van der Waals surface area contributed by atoms with Crippen molar-refractivity contribution in [1.82, 2.24) is 20.4 Å². The van der Waals surface area contributed by atoms with E-state index in [1.165, 1.54) is 0 Å². The van der Waals surface area contributed by atoms with Gasteiger partial charge in [0.15, 0.2) is 0 Å². The highest BCUT2D eigenvalue weighted by molar-refractivity contribution is 5.76. The predicted octanol–water partition coefficient (Wildman–Crippen LogP) is 1.63. The summed E-state index contributed by atoms with van der Waals surface area (Å²) < 4.78 is 1.86. The molecule has 0 aliphatic heterocycles. The van der Waals surface area contributed by atoms with Crippen molar-refractivity contribution in [2.45, 2.75) is 31.8 Å². The summed E-state index contributed by atoms with van der Waals surface area (Å²) in [7, 11) is 0. The summed E-state index contributed by atoms with van der Waals surface area (Å²) in [6, 6.07) is 12.4. The Labute approximate surface area is 124 Å². The molecule has 110 valence electrons. The fourth-order valence-corrected chi connectivity index (χ4v) is 2.13. The first-order valence-corrected chi connectivity index (χ1v) is 7.41. The minimum absolute atomic E-state index is 0.139. The molecule has 0 bridgehead atoms. The zero-order chi connectivity index (χ0) is 14.5. The maximum Gasteiger partial charge on any atom is 0.221 e. The van der Waals surface area contributed by atoms with E-state index < -0.39 is 0 Å². The second kappa shape index (κ2) is 6.54. The molecule has 1 aromatic heterocycles. The van der Waals surface area contributed by atoms with Crippen molar-refractivity contribution < 1.29 is 4.79 Å². The van der Waals surface area contributed by atoms with Crippen LogP contribution >= 0.6 is 0 Å². The zero-order valence-corrected chi connectivity index (χ0v) is 12.0. The van der Waals surface area contributed by atoms with Gasteiger partial charge in [0.2, 0.25) is 5.91 Å². The molecule has 1 fully saturated rings. The van der Waals surface area contributed by atoms with Crippen LogP contribution in [-0.2, 0) is 11.3 Å². The van der Waals surface area contributed by atoms with Crippen molar-refractivity contribution in [3.8, 4) is 5.69 Å². The number of carbonyl (C=O) groups is 1. The van der Waals surface area contributed by atoms with Gasteiger partial charge in [-0.15, -0.1) is 0 Å². The fraction of sp³-hybridized carbons (Fsp3) is 0.375. The number of carbonyl (C=O) groups excluding carboxylic acids is 1. The molecule has 0 spiro atoms. The Kier molecular flexibility index (Phi) is 4.31. The van der Waals surface area contributed by atoms with Gasteiger partial charge in [-0.2, -0.15) is 5.10 Å². The van der Waals surface area contributed by atoms with E-state index in [1.54, 1.807) is 0 Å². The minimum Gasteiger partial charge on any atom is -0.353 e. The fourth-order valence-electron chi connectivity index (χ4n) is 2.13. The lowest BCUT2D eigenvalue weighted by atomic mass is 10.3. The topological polar surface area (TPSA) is 59.0 Å². The van der Waals surface area contributed by atoms with Crippen LogP contribution in [0.1, 0.15) is 25.0 Å². The third-order valence-electron chi connectivity index (χ3n) is 3.44. The van der Waals surface area contributed by atoms with Gasteiger partial charge in [-0.1, -0.05) is 18.2 Å². The van der Waals surface area contributed by atoms with Gasteiger partial charge in [-0.25, -0.2) is 4.68 Å². The summed E-state index contributed by atoms with van der Waals surface area (Å²) in [4.78, 5) is 11.5. The van der Waals surface area contributed by atoms with Crippen molar-refractivity contribution in [3.63, 3.8) is 0 Å². The smallest absolute Gasteiger partial charge is 0.221 e. The van der Waals surface area contributed by atoms with E-state index in [1.807, 2.05) is 47.3 Å². The number of amides is 1. The van der Waals surface area contributed by atoms with E-state index in [4.69, 9.17) is 0 Å². The maximum absolute atomic E-state index is 11.5. The molecule has 1 heterocycles. The van der Waals surface area contributed by atoms with Crippen LogP contribution in [0.4, 0.5) is 0 Å². The molecule has 0 radical (unpaired) electrons. The first-order valence-electron chi connectivity index (χ1n) is 7.41. The predicted molar refractivity (Wildman–Crippen MR) is 81.1 cm³/mol. The number of aromatic nitrogens is 2. The number of nitrogens with one attached hydrogen (secondary N) is 2. The molecular weight excluding hydrogens is 264 g/mol. The van der Waals surface area contributed by atoms with Crippen LogP contribution in [0.2, 0.25) is 0 Å². The van der Waals surface area contributed by atoms with E-state index in [0.717, 1.165) is 24.2 Å². The van der Waals surface area contributed by atoms with Gasteiger partial charge in [-0.3, -0.25) is 4.79 Å². The minimum atomic E-state index is 0.139. The number of hydrogen-bond acceptors (Lipinski definition) is 3. The van der Waals surface area contributed by atoms with Crippen molar-refractivity contribution in [2.24, 2.45) is 0 Å². The van der Waals surface area contributed by atoms with Crippen LogP contribution in [0.5, 0.6) is 0 Å². The molecule has 1 aliphatic rings. The van der Waals surface area contributed by atoms with Crippen LogP contribution < -0.4 is 10.6 Å². The highest BCUT2D eigenvalue weighted by Crippen LogP contribution is 2.18. The molecule has 1 aliphatic carbocycles. The van der Waals surface area contributed by atoms with E-state index in [-0.39, 0.29) is 5.91 Å². The molecule has 21 heavy (non-hydrogen) atoms. The second-order valence-corrected chi connectivity index (χ2v) is 5.36. The van der Waals surface area contributed by atoms with Gasteiger partial charge in [0, 0.05) is 31.7 Å². The normalized spacial score (nSPS) is 14.1. The lowest BCUT2D eigenvalue weighted by molar-refractivity contribution is -0.121. The molecule has 3 rings (SSSR count). The third-order valence-corrected chi connectivity index (χ3v) is 3.44. The molecule has 1 saturated carbocycles. The van der Waals surface area contributed by atoms with E-state index >= 15 is 0 Å². The monoisotopic (exact) mass is 284 g/mol. The van der Waals surface area contributed by atoms with Crippen molar-refractivity contribution >= 4 is 5.91 Å². The molecule has 1 amide bonds. The first-order chi connectivity index (χ1) is 10.3. The van der Waals surface area contributed by atoms with Gasteiger partial charge in [0.25, 0.3) is 0 Å².